The Hall–Kier alpha value is -3.29. The van der Waals surface area contributed by atoms with Gasteiger partial charge in [-0.3, -0.25) is 10.2 Å². The maximum atomic E-state index is 12.6. The van der Waals surface area contributed by atoms with Crippen molar-refractivity contribution in [3.8, 4) is 11.5 Å². The number of amidine groups is 3. The summed E-state index contributed by atoms with van der Waals surface area (Å²) in [6.07, 6.45) is 1.40. The van der Waals surface area contributed by atoms with Gasteiger partial charge in [0.15, 0.2) is 11.5 Å². The number of nitrogens with one attached hydrogen (secondary N) is 1. The number of rotatable bonds is 6. The number of carbonyl (C=O) groups excluding carboxylic acids is 2. The summed E-state index contributed by atoms with van der Waals surface area (Å²) >= 11 is 1.99. The van der Waals surface area contributed by atoms with Crippen molar-refractivity contribution in [2.75, 3.05) is 12.4 Å². The number of ether oxygens (including phenoxy) is 2. The van der Waals surface area contributed by atoms with Crippen LogP contribution in [0.1, 0.15) is 29.1 Å². The van der Waals surface area contributed by atoms with Crippen molar-refractivity contribution in [1.29, 1.82) is 5.41 Å². The van der Waals surface area contributed by atoms with Crippen molar-refractivity contribution in [2.24, 2.45) is 9.39 Å². The van der Waals surface area contributed by atoms with Gasteiger partial charge in [0.05, 0.1) is 29.9 Å². The van der Waals surface area contributed by atoms with E-state index < -0.39 is 21.7 Å². The highest BCUT2D eigenvalue weighted by atomic mass is 32.2. The Balaban J connectivity index is 1.66. The van der Waals surface area contributed by atoms with Crippen LogP contribution < -0.4 is 9.47 Å². The van der Waals surface area contributed by atoms with Gasteiger partial charge in [-0.15, -0.1) is 11.3 Å². The number of carbonyl (C=O) groups is 2. The molecule has 0 saturated carbocycles. The van der Waals surface area contributed by atoms with E-state index in [-0.39, 0.29) is 39.0 Å². The lowest BCUT2D eigenvalue weighted by Gasteiger charge is -2.24. The predicted octanol–water partition coefficient (Wildman–Crippen LogP) is 3.38. The van der Waals surface area contributed by atoms with Crippen LogP contribution in [0.3, 0.4) is 0 Å². The number of benzene rings is 1. The van der Waals surface area contributed by atoms with E-state index in [2.05, 4.69) is 9.39 Å². The number of esters is 1. The van der Waals surface area contributed by atoms with Crippen molar-refractivity contribution < 1.29 is 27.5 Å². The molecule has 0 radical (unpaired) electrons. The molecule has 2 aromatic rings. The molecule has 1 aromatic carbocycles. The van der Waals surface area contributed by atoms with E-state index >= 15 is 0 Å². The fraction of sp³-hybridized carbons (Fsp3) is 0.190. The van der Waals surface area contributed by atoms with Crippen molar-refractivity contribution in [2.45, 2.75) is 13.8 Å². The van der Waals surface area contributed by atoms with Gasteiger partial charge in [0.1, 0.15) is 10.7 Å². The molecule has 13 heteroatoms. The Kier molecular flexibility index (Phi) is 6.68. The number of sulfone groups is 1. The quantitative estimate of drug-likeness (QED) is 0.266. The molecular formula is C21H18N4O6S3. The number of thiophene rings is 1. The van der Waals surface area contributed by atoms with Crippen LogP contribution in [-0.4, -0.2) is 53.7 Å². The monoisotopic (exact) mass is 518 g/mol. The number of amides is 1. The molecule has 0 unspecified atom stereocenters. The molecule has 1 aromatic heterocycles. The molecule has 10 nitrogen and oxygen atoms in total. The third-order valence-electron chi connectivity index (χ3n) is 4.66. The first-order valence-corrected chi connectivity index (χ1v) is 13.3. The van der Waals surface area contributed by atoms with Crippen molar-refractivity contribution in [3.63, 3.8) is 0 Å². The highest BCUT2D eigenvalue weighted by Gasteiger charge is 2.42. The summed E-state index contributed by atoms with van der Waals surface area (Å²) in [4.78, 5) is 30.3. The maximum Gasteiger partial charge on any atom is 0.353 e. The van der Waals surface area contributed by atoms with Crippen molar-refractivity contribution in [3.05, 3.63) is 51.7 Å². The summed E-state index contributed by atoms with van der Waals surface area (Å²) in [5.74, 6) is -1.30. The van der Waals surface area contributed by atoms with Crippen LogP contribution in [0, 0.1) is 5.41 Å². The number of hydrogen-bond donors (Lipinski definition) is 1. The number of aliphatic imine (C=N–C) groups is 1. The maximum absolute atomic E-state index is 12.6. The van der Waals surface area contributed by atoms with Gasteiger partial charge in [0.25, 0.3) is 5.91 Å². The van der Waals surface area contributed by atoms with Crippen LogP contribution in [0.2, 0.25) is 0 Å². The zero-order valence-electron chi connectivity index (χ0n) is 18.0. The molecule has 2 aliphatic rings. The fourth-order valence-electron chi connectivity index (χ4n) is 3.01. The Labute approximate surface area is 203 Å². The molecule has 0 spiro atoms. The molecular weight excluding hydrogens is 500 g/mol. The van der Waals surface area contributed by atoms with Crippen LogP contribution in [0.4, 0.5) is 0 Å². The van der Waals surface area contributed by atoms with Crippen molar-refractivity contribution >= 4 is 67.2 Å². The molecule has 0 atom stereocenters. The summed E-state index contributed by atoms with van der Waals surface area (Å²) in [6.45, 7) is 3.54. The van der Waals surface area contributed by atoms with Crippen LogP contribution >= 0.6 is 23.3 Å². The van der Waals surface area contributed by atoms with Gasteiger partial charge in [-0.1, -0.05) is 19.1 Å². The van der Waals surface area contributed by atoms with Crippen LogP contribution in [0.5, 0.6) is 11.5 Å². The fourth-order valence-corrected chi connectivity index (χ4v) is 5.57. The summed E-state index contributed by atoms with van der Waals surface area (Å²) in [7, 11) is -3.74. The minimum atomic E-state index is -3.74. The lowest BCUT2D eigenvalue weighted by molar-refractivity contribution is -0.114. The molecule has 0 fully saturated rings. The second kappa shape index (κ2) is 9.52. The van der Waals surface area contributed by atoms with Gasteiger partial charge in [0.2, 0.25) is 20.2 Å². The Bertz CT molecular complexity index is 1380. The molecule has 2 aliphatic heterocycles. The summed E-state index contributed by atoms with van der Waals surface area (Å²) < 4.78 is 39.7. The van der Waals surface area contributed by atoms with E-state index in [1.165, 1.54) is 30.4 Å². The molecule has 4 rings (SSSR count). The topological polar surface area (TPSA) is 139 Å². The molecule has 1 N–H and O–H groups in total. The van der Waals surface area contributed by atoms with Crippen molar-refractivity contribution in [1.82, 2.24) is 4.90 Å². The number of hydrogen-bond acceptors (Lipinski definition) is 10. The average Bonchev–Trinajstić information content (AvgIpc) is 3.49. The van der Waals surface area contributed by atoms with Gasteiger partial charge < -0.3 is 9.47 Å². The first-order valence-electron chi connectivity index (χ1n) is 9.99. The van der Waals surface area contributed by atoms with E-state index in [0.29, 0.717) is 17.0 Å². The number of fused-ring (bicyclic) bond motifs is 1. The molecule has 1 amide bonds. The highest BCUT2D eigenvalue weighted by Crippen LogP contribution is 2.33. The SMILES string of the molecule is CCOc1cc(C=C2C(=N)N3C(=NC2=O)SN=C3S(=O)(=O)CC)ccc1OC(=O)c1cccs1. The molecule has 3 heterocycles. The Morgan fingerprint density at radius 3 is 2.71 bits per heavy atom. The smallest absolute Gasteiger partial charge is 0.353 e. The second-order valence-electron chi connectivity index (χ2n) is 6.82. The zero-order valence-corrected chi connectivity index (χ0v) is 20.4. The predicted molar refractivity (Wildman–Crippen MR) is 131 cm³/mol. The van der Waals surface area contributed by atoms with E-state index in [0.717, 1.165) is 16.8 Å². The standard InChI is InChI=1S/C21H18N4O6S3/c1-3-30-15-11-12(7-8-14(15)31-19(27)16-6-5-9-32-16)10-13-17(22)25-20(23-18(13)26)33-24-21(25)34(28,29)4-2/h5-11,22H,3-4H2,1-2H3. The van der Waals surface area contributed by atoms with E-state index in [4.69, 9.17) is 14.9 Å². The lowest BCUT2D eigenvalue weighted by atomic mass is 10.1. The van der Waals surface area contributed by atoms with Crippen LogP contribution in [-0.2, 0) is 14.6 Å². The summed E-state index contributed by atoms with van der Waals surface area (Å²) in [6, 6.07) is 8.06. The molecule has 34 heavy (non-hydrogen) atoms. The summed E-state index contributed by atoms with van der Waals surface area (Å²) in [5, 5.41) is 9.94. The minimum Gasteiger partial charge on any atom is -0.490 e. The van der Waals surface area contributed by atoms with E-state index in [1.54, 1.807) is 36.6 Å². The third kappa shape index (κ3) is 4.54. The van der Waals surface area contributed by atoms with Crippen LogP contribution in [0.25, 0.3) is 6.08 Å². The first kappa shape index (κ1) is 23.9. The molecule has 0 bridgehead atoms. The first-order chi connectivity index (χ1) is 16.2. The van der Waals surface area contributed by atoms with E-state index in [9.17, 15) is 18.0 Å². The molecule has 0 saturated heterocycles. The molecule has 176 valence electrons. The van der Waals surface area contributed by atoms with E-state index in [1.807, 2.05) is 0 Å². The van der Waals surface area contributed by atoms with Gasteiger partial charge in [-0.2, -0.15) is 9.39 Å². The van der Waals surface area contributed by atoms with Gasteiger partial charge in [-0.05, 0) is 42.1 Å². The third-order valence-corrected chi connectivity index (χ3v) is 7.91. The average molecular weight is 519 g/mol. The molecule has 0 aliphatic carbocycles. The highest BCUT2D eigenvalue weighted by molar-refractivity contribution is 8.16. The van der Waals surface area contributed by atoms with Gasteiger partial charge >= 0.3 is 5.97 Å². The number of nitrogens with zero attached hydrogens (tertiary/aromatic N) is 3. The minimum absolute atomic E-state index is 0.0185. The Morgan fingerprint density at radius 2 is 2.03 bits per heavy atom. The van der Waals surface area contributed by atoms with Crippen LogP contribution in [0.15, 0.2) is 50.7 Å². The summed E-state index contributed by atoms with van der Waals surface area (Å²) in [5.41, 5.74) is 0.353. The largest absolute Gasteiger partial charge is 0.490 e. The van der Waals surface area contributed by atoms with Gasteiger partial charge in [-0.25, -0.2) is 18.1 Å². The Morgan fingerprint density at radius 1 is 1.24 bits per heavy atom. The second-order valence-corrected chi connectivity index (χ2v) is 10.7. The normalized spacial score (nSPS) is 16.9. The zero-order chi connectivity index (χ0) is 24.5. The lowest BCUT2D eigenvalue weighted by Crippen LogP contribution is -2.45. The van der Waals surface area contributed by atoms with Gasteiger partial charge in [0, 0.05) is 0 Å².